The Labute approximate surface area is 196 Å². The Morgan fingerprint density at radius 3 is 2.42 bits per heavy atom. The number of aryl methyl sites for hydroxylation is 1. The molecule has 0 saturated heterocycles. The molecule has 180 valence electrons. The molecule has 2 atom stereocenters. The lowest BCUT2D eigenvalue weighted by molar-refractivity contribution is -0.194. The van der Waals surface area contributed by atoms with E-state index in [-0.39, 0.29) is 42.6 Å². The number of likely N-dealkylation sites (N-methyl/N-ethyl adjacent to an activating group) is 1. The molecule has 1 heterocycles. The molecule has 0 unspecified atom stereocenters. The normalized spacial score (nSPS) is 17.0. The maximum absolute atomic E-state index is 13.9. The Morgan fingerprint density at radius 1 is 1.27 bits per heavy atom. The number of carbonyl (C=O) groups excluding carboxylic acids is 1. The van der Waals surface area contributed by atoms with Crippen molar-refractivity contribution in [2.45, 2.75) is 50.7 Å². The van der Waals surface area contributed by atoms with Crippen molar-refractivity contribution in [3.63, 3.8) is 0 Å². The van der Waals surface area contributed by atoms with Gasteiger partial charge in [-0.2, -0.15) is 13.2 Å². The lowest BCUT2D eigenvalue weighted by Gasteiger charge is -2.29. The van der Waals surface area contributed by atoms with E-state index in [0.717, 1.165) is 5.56 Å². The molecule has 1 saturated carbocycles. The third kappa shape index (κ3) is 5.95. The Hall–Kier alpha value is -2.39. The minimum absolute atomic E-state index is 0.00966. The van der Waals surface area contributed by atoms with Gasteiger partial charge in [-0.15, -0.1) is 0 Å². The topological polar surface area (TPSA) is 78.3 Å². The number of hydrogen-bond donors (Lipinski definition) is 2. The van der Waals surface area contributed by atoms with Gasteiger partial charge in [-0.25, -0.2) is 9.97 Å². The third-order valence-electron chi connectivity index (χ3n) is 6.36. The van der Waals surface area contributed by atoms with Crippen LogP contribution in [0.1, 0.15) is 42.1 Å². The number of halogens is 4. The number of hydrogen-bond acceptors (Lipinski definition) is 5. The van der Waals surface area contributed by atoms with Crippen molar-refractivity contribution in [1.29, 1.82) is 0 Å². The standard InChI is InChI=1S/C23H28ClF3N4O2/c1-14-28-11-16(12-29-14)18(22(6-7-22)23(25,26)27)10-21(33)30-13-17(31(2)3)8-15-4-5-20(32)19(24)9-15/h4-5,9,11-12,17-18,32H,6-8,10,13H2,1-3H3,(H,30,33)/t17-,18-/m0/s1. The van der Waals surface area contributed by atoms with Crippen LogP contribution < -0.4 is 5.32 Å². The fourth-order valence-electron chi connectivity index (χ4n) is 4.05. The zero-order valence-corrected chi connectivity index (χ0v) is 19.5. The summed E-state index contributed by atoms with van der Waals surface area (Å²) in [6.45, 7) is 1.91. The molecule has 0 aliphatic heterocycles. The van der Waals surface area contributed by atoms with Gasteiger partial charge in [-0.1, -0.05) is 17.7 Å². The van der Waals surface area contributed by atoms with Crippen molar-refractivity contribution in [1.82, 2.24) is 20.2 Å². The van der Waals surface area contributed by atoms with Crippen molar-refractivity contribution < 1.29 is 23.1 Å². The van der Waals surface area contributed by atoms with Crippen molar-refractivity contribution in [2.24, 2.45) is 5.41 Å². The zero-order chi connectivity index (χ0) is 24.4. The van der Waals surface area contributed by atoms with E-state index in [1.807, 2.05) is 19.0 Å². The number of benzene rings is 1. The van der Waals surface area contributed by atoms with Crippen LogP contribution in [0.15, 0.2) is 30.6 Å². The number of carbonyl (C=O) groups is 1. The molecule has 1 aromatic heterocycles. The first kappa shape index (κ1) is 25.2. The fraction of sp³-hybridized carbons (Fsp3) is 0.522. The van der Waals surface area contributed by atoms with Crippen LogP contribution in [0, 0.1) is 12.3 Å². The van der Waals surface area contributed by atoms with Gasteiger partial charge >= 0.3 is 6.18 Å². The van der Waals surface area contributed by atoms with Gasteiger partial charge in [-0.3, -0.25) is 4.79 Å². The number of nitrogens with zero attached hydrogens (tertiary/aromatic N) is 3. The first-order chi connectivity index (χ1) is 15.4. The molecule has 1 fully saturated rings. The summed E-state index contributed by atoms with van der Waals surface area (Å²) in [5, 5.41) is 12.6. The van der Waals surface area contributed by atoms with E-state index in [9.17, 15) is 23.1 Å². The summed E-state index contributed by atoms with van der Waals surface area (Å²) < 4.78 is 41.6. The molecule has 1 aromatic carbocycles. The van der Waals surface area contributed by atoms with Crippen LogP contribution in [0.5, 0.6) is 5.75 Å². The Balaban J connectivity index is 1.70. The molecule has 1 aliphatic carbocycles. The number of phenols is 1. The monoisotopic (exact) mass is 484 g/mol. The molecule has 0 spiro atoms. The zero-order valence-electron chi connectivity index (χ0n) is 18.8. The van der Waals surface area contributed by atoms with Crippen molar-refractivity contribution >= 4 is 17.5 Å². The van der Waals surface area contributed by atoms with Gasteiger partial charge in [0, 0.05) is 37.3 Å². The fourth-order valence-corrected chi connectivity index (χ4v) is 4.26. The third-order valence-corrected chi connectivity index (χ3v) is 6.66. The summed E-state index contributed by atoms with van der Waals surface area (Å²) in [6.07, 6.45) is -1.40. The van der Waals surface area contributed by atoms with Crippen LogP contribution in [-0.4, -0.2) is 58.7 Å². The average molecular weight is 485 g/mol. The summed E-state index contributed by atoms with van der Waals surface area (Å²) in [6, 6.07) is 4.78. The molecule has 6 nitrogen and oxygen atoms in total. The molecule has 3 rings (SSSR count). The predicted molar refractivity (Wildman–Crippen MR) is 119 cm³/mol. The van der Waals surface area contributed by atoms with Gasteiger partial charge in [0.05, 0.1) is 10.4 Å². The Morgan fingerprint density at radius 2 is 1.91 bits per heavy atom. The van der Waals surface area contributed by atoms with Crippen LogP contribution in [0.2, 0.25) is 5.02 Å². The molecule has 1 amide bonds. The predicted octanol–water partition coefficient (Wildman–Crippen LogP) is 4.25. The van der Waals surface area contributed by atoms with E-state index >= 15 is 0 Å². The summed E-state index contributed by atoms with van der Waals surface area (Å²) in [5.41, 5.74) is -0.713. The summed E-state index contributed by atoms with van der Waals surface area (Å²) >= 11 is 5.98. The van der Waals surface area contributed by atoms with Gasteiger partial charge in [0.15, 0.2) is 0 Å². The van der Waals surface area contributed by atoms with Crippen molar-refractivity contribution in [3.8, 4) is 5.75 Å². The first-order valence-electron chi connectivity index (χ1n) is 10.7. The highest BCUT2D eigenvalue weighted by Gasteiger charge is 2.67. The summed E-state index contributed by atoms with van der Waals surface area (Å²) in [4.78, 5) is 22.8. The van der Waals surface area contributed by atoms with Crippen LogP contribution in [0.4, 0.5) is 13.2 Å². The quantitative estimate of drug-likeness (QED) is 0.556. The van der Waals surface area contributed by atoms with E-state index < -0.39 is 23.4 Å². The number of phenolic OH excluding ortho intramolecular Hbond substituents is 1. The highest BCUT2D eigenvalue weighted by atomic mass is 35.5. The Bertz CT molecular complexity index is 979. The lowest BCUT2D eigenvalue weighted by atomic mass is 9.81. The van der Waals surface area contributed by atoms with Gasteiger partial charge in [0.1, 0.15) is 11.6 Å². The molecule has 1 aliphatic rings. The number of amides is 1. The average Bonchev–Trinajstić information content (AvgIpc) is 3.54. The molecule has 2 aromatic rings. The van der Waals surface area contributed by atoms with Gasteiger partial charge in [0.2, 0.25) is 5.91 Å². The second-order valence-electron chi connectivity index (χ2n) is 8.89. The van der Waals surface area contributed by atoms with Gasteiger partial charge < -0.3 is 15.3 Å². The maximum atomic E-state index is 13.9. The van der Waals surface area contributed by atoms with Crippen LogP contribution in [0.3, 0.4) is 0 Å². The number of rotatable bonds is 9. The molecule has 0 radical (unpaired) electrons. The largest absolute Gasteiger partial charge is 0.506 e. The molecule has 33 heavy (non-hydrogen) atoms. The van der Waals surface area contributed by atoms with Crippen LogP contribution in [-0.2, 0) is 11.2 Å². The second-order valence-corrected chi connectivity index (χ2v) is 9.29. The van der Waals surface area contributed by atoms with E-state index in [0.29, 0.717) is 17.8 Å². The van der Waals surface area contributed by atoms with E-state index in [2.05, 4.69) is 15.3 Å². The van der Waals surface area contributed by atoms with E-state index in [1.165, 1.54) is 18.5 Å². The smallest absolute Gasteiger partial charge is 0.395 e. The maximum Gasteiger partial charge on any atom is 0.395 e. The Kier molecular flexibility index (Phi) is 7.53. The van der Waals surface area contributed by atoms with Crippen molar-refractivity contribution in [2.75, 3.05) is 20.6 Å². The first-order valence-corrected chi connectivity index (χ1v) is 11.1. The highest BCUT2D eigenvalue weighted by molar-refractivity contribution is 6.32. The molecule has 0 bridgehead atoms. The summed E-state index contributed by atoms with van der Waals surface area (Å²) in [7, 11) is 3.71. The van der Waals surface area contributed by atoms with E-state index in [1.54, 1.807) is 19.1 Å². The van der Waals surface area contributed by atoms with Crippen LogP contribution >= 0.6 is 11.6 Å². The highest BCUT2D eigenvalue weighted by Crippen LogP contribution is 2.66. The van der Waals surface area contributed by atoms with Gasteiger partial charge in [-0.05, 0) is 63.5 Å². The molecular formula is C23H28ClF3N4O2. The van der Waals surface area contributed by atoms with E-state index in [4.69, 9.17) is 11.6 Å². The molecular weight excluding hydrogens is 457 g/mol. The molecule has 10 heteroatoms. The summed E-state index contributed by atoms with van der Waals surface area (Å²) in [5.74, 6) is -1.04. The number of alkyl halides is 3. The number of aromatic nitrogens is 2. The number of aromatic hydroxyl groups is 1. The lowest BCUT2D eigenvalue weighted by Crippen LogP contribution is -2.42. The second kappa shape index (κ2) is 9.85. The van der Waals surface area contributed by atoms with Gasteiger partial charge in [0.25, 0.3) is 0 Å². The van der Waals surface area contributed by atoms with Crippen molar-refractivity contribution in [3.05, 3.63) is 52.6 Å². The molecule has 2 N–H and O–H groups in total. The SMILES string of the molecule is Cc1ncc([C@H](CC(=O)NC[C@H](Cc2ccc(O)c(Cl)c2)N(C)C)C2(C(F)(F)F)CC2)cn1. The minimum Gasteiger partial charge on any atom is -0.506 e. The number of nitrogens with one attached hydrogen (secondary N) is 1. The minimum atomic E-state index is -4.41. The van der Waals surface area contributed by atoms with Crippen LogP contribution in [0.25, 0.3) is 0 Å².